The minimum Gasteiger partial charge on any atom is -0.481 e. The van der Waals surface area contributed by atoms with Crippen molar-refractivity contribution in [1.29, 1.82) is 0 Å². The number of carboxylic acid groups (broad SMARTS) is 4. The number of carbonyl (C=O) groups is 4. The molecule has 0 aliphatic heterocycles. The van der Waals surface area contributed by atoms with E-state index in [1.54, 1.807) is 0 Å². The summed E-state index contributed by atoms with van der Waals surface area (Å²) in [6.45, 7) is 2.35. The Morgan fingerprint density at radius 2 is 0.784 bits per heavy atom. The first-order valence-corrected chi connectivity index (χ1v) is 17.6. The Labute approximate surface area is 225 Å². The Morgan fingerprint density at radius 1 is 0.486 bits per heavy atom. The number of aliphatic carboxylic acids is 4. The molecular formula is C27H50O8P2. The van der Waals surface area contributed by atoms with Gasteiger partial charge in [0.25, 0.3) is 0 Å². The lowest BCUT2D eigenvalue weighted by molar-refractivity contribution is -0.138. The van der Waals surface area contributed by atoms with E-state index in [0.29, 0.717) is 31.3 Å². The molecule has 0 aromatic heterocycles. The molecule has 4 N–H and O–H groups in total. The summed E-state index contributed by atoms with van der Waals surface area (Å²) in [5, 5.41) is 35.5. The van der Waals surface area contributed by atoms with E-state index in [-0.39, 0.29) is 41.5 Å². The highest BCUT2D eigenvalue weighted by Gasteiger charge is 2.20. The van der Waals surface area contributed by atoms with Crippen molar-refractivity contribution in [1.82, 2.24) is 0 Å². The maximum absolute atomic E-state index is 10.8. The molecule has 0 aromatic rings. The number of unbranched alkanes of at least 4 members (excludes halogenated alkanes) is 8. The molecule has 1 unspecified atom stereocenters. The van der Waals surface area contributed by atoms with Gasteiger partial charge in [0.05, 0.1) is 0 Å². The van der Waals surface area contributed by atoms with Crippen molar-refractivity contribution in [3.05, 3.63) is 0 Å². The van der Waals surface area contributed by atoms with E-state index in [2.05, 4.69) is 6.92 Å². The predicted octanol–water partition coefficient (Wildman–Crippen LogP) is 6.92. The van der Waals surface area contributed by atoms with Crippen molar-refractivity contribution >= 4 is 39.7 Å². The van der Waals surface area contributed by atoms with E-state index < -0.39 is 23.9 Å². The van der Waals surface area contributed by atoms with Gasteiger partial charge in [0.1, 0.15) is 0 Å². The van der Waals surface area contributed by atoms with Gasteiger partial charge in [-0.05, 0) is 87.8 Å². The third-order valence-corrected chi connectivity index (χ3v) is 13.0. The normalized spacial score (nSPS) is 12.2. The standard InChI is InChI=1S/C27H50O8P2/c1-23(37(20-12-4-8-16-26(32)33)21-13-5-9-17-27(34)35)22-36(18-10-2-6-14-24(28)29)19-11-3-7-15-25(30)31/h23H,2-22H2,1H3,(H,28,29)(H,30,31)(H,32,33)(H,34,35). The minimum absolute atomic E-state index is 0.191. The highest BCUT2D eigenvalue weighted by molar-refractivity contribution is 7.62. The van der Waals surface area contributed by atoms with Crippen LogP contribution in [0.5, 0.6) is 0 Å². The van der Waals surface area contributed by atoms with Gasteiger partial charge in [-0.25, -0.2) is 0 Å². The average molecular weight is 565 g/mol. The number of hydrogen-bond donors (Lipinski definition) is 4. The molecule has 0 amide bonds. The highest BCUT2D eigenvalue weighted by Crippen LogP contribution is 2.50. The van der Waals surface area contributed by atoms with Gasteiger partial charge in [0.15, 0.2) is 0 Å². The summed E-state index contributed by atoms with van der Waals surface area (Å²) >= 11 is 0. The van der Waals surface area contributed by atoms with Crippen LogP contribution in [0.3, 0.4) is 0 Å². The quantitative estimate of drug-likeness (QED) is 0.0620. The molecule has 10 heteroatoms. The first-order valence-electron chi connectivity index (χ1n) is 14.0. The molecule has 0 radical (unpaired) electrons. The van der Waals surface area contributed by atoms with E-state index >= 15 is 0 Å². The zero-order valence-electron chi connectivity index (χ0n) is 22.7. The van der Waals surface area contributed by atoms with Crippen molar-refractivity contribution in [3.8, 4) is 0 Å². The molecule has 0 aliphatic carbocycles. The largest absolute Gasteiger partial charge is 0.481 e. The molecule has 216 valence electrons. The summed E-state index contributed by atoms with van der Waals surface area (Å²) in [6.07, 6.45) is 17.4. The fourth-order valence-electron chi connectivity index (χ4n) is 4.45. The van der Waals surface area contributed by atoms with Crippen molar-refractivity contribution in [2.75, 3.05) is 30.8 Å². The lowest BCUT2D eigenvalue weighted by Crippen LogP contribution is -2.13. The Bertz CT molecular complexity index is 596. The van der Waals surface area contributed by atoms with E-state index in [1.807, 2.05) is 0 Å². The third kappa shape index (κ3) is 24.8. The van der Waals surface area contributed by atoms with Crippen LogP contribution in [0, 0.1) is 0 Å². The summed E-state index contributed by atoms with van der Waals surface area (Å²) in [6, 6.07) is 0. The second-order valence-corrected chi connectivity index (χ2v) is 15.6. The van der Waals surface area contributed by atoms with E-state index in [0.717, 1.165) is 76.0 Å². The molecule has 1 atom stereocenters. The van der Waals surface area contributed by atoms with Gasteiger partial charge in [-0.3, -0.25) is 19.2 Å². The van der Waals surface area contributed by atoms with Crippen LogP contribution in [0.15, 0.2) is 0 Å². The van der Waals surface area contributed by atoms with E-state index in [9.17, 15) is 19.2 Å². The summed E-state index contributed by atoms with van der Waals surface area (Å²) in [5.74, 6) is -2.98. The smallest absolute Gasteiger partial charge is 0.303 e. The zero-order chi connectivity index (χ0) is 27.9. The van der Waals surface area contributed by atoms with Crippen molar-refractivity contribution in [2.24, 2.45) is 0 Å². The number of rotatable bonds is 27. The van der Waals surface area contributed by atoms with Crippen molar-refractivity contribution in [3.63, 3.8) is 0 Å². The summed E-state index contributed by atoms with van der Waals surface area (Å²) < 4.78 is 0. The summed E-state index contributed by atoms with van der Waals surface area (Å²) in [4.78, 5) is 43.2. The van der Waals surface area contributed by atoms with Gasteiger partial charge in [-0.15, -0.1) is 15.8 Å². The number of carboxylic acids is 4. The number of hydrogen-bond acceptors (Lipinski definition) is 4. The lowest BCUT2D eigenvalue weighted by Gasteiger charge is -2.29. The molecule has 0 fully saturated rings. The molecule has 0 rings (SSSR count). The SMILES string of the molecule is CC(CP(CCCCCC(=O)O)CCCCCC(=O)O)P(CCCCCC(=O)O)CCCCCC(=O)O. The maximum atomic E-state index is 10.8. The first-order chi connectivity index (χ1) is 17.6. The molecule has 37 heavy (non-hydrogen) atoms. The van der Waals surface area contributed by atoms with Crippen LogP contribution in [0.25, 0.3) is 0 Å². The van der Waals surface area contributed by atoms with Crippen LogP contribution >= 0.6 is 15.8 Å². The molecular weight excluding hydrogens is 514 g/mol. The predicted molar refractivity (Wildman–Crippen MR) is 152 cm³/mol. The second-order valence-electron chi connectivity index (χ2n) is 10.0. The van der Waals surface area contributed by atoms with E-state index in [4.69, 9.17) is 20.4 Å². The highest BCUT2D eigenvalue weighted by atomic mass is 31.1. The zero-order valence-corrected chi connectivity index (χ0v) is 24.5. The molecule has 0 saturated carbocycles. The topological polar surface area (TPSA) is 149 Å². The van der Waals surface area contributed by atoms with Crippen LogP contribution < -0.4 is 0 Å². The van der Waals surface area contributed by atoms with Gasteiger partial charge in [-0.2, -0.15) is 0 Å². The lowest BCUT2D eigenvalue weighted by atomic mass is 10.2. The first kappa shape index (κ1) is 35.7. The van der Waals surface area contributed by atoms with Gasteiger partial charge in [-0.1, -0.05) is 32.6 Å². The molecule has 0 heterocycles. The molecule has 0 spiro atoms. The Kier molecular flexibility index (Phi) is 23.0. The summed E-state index contributed by atoms with van der Waals surface area (Å²) in [5.41, 5.74) is 0.595. The molecule has 8 nitrogen and oxygen atoms in total. The minimum atomic E-state index is -0.744. The fourth-order valence-corrected chi connectivity index (χ4v) is 11.1. The molecule has 0 aliphatic rings. The second kappa shape index (κ2) is 23.8. The van der Waals surface area contributed by atoms with Crippen LogP contribution in [-0.2, 0) is 19.2 Å². The molecule has 0 aromatic carbocycles. The Morgan fingerprint density at radius 3 is 1.08 bits per heavy atom. The van der Waals surface area contributed by atoms with Gasteiger partial charge in [0.2, 0.25) is 0 Å². The molecule has 0 saturated heterocycles. The van der Waals surface area contributed by atoms with Crippen LogP contribution in [0.4, 0.5) is 0 Å². The maximum Gasteiger partial charge on any atom is 0.303 e. The van der Waals surface area contributed by atoms with Crippen LogP contribution in [0.2, 0.25) is 0 Å². The Hall–Kier alpha value is -1.26. The van der Waals surface area contributed by atoms with Gasteiger partial charge in [0, 0.05) is 25.7 Å². The van der Waals surface area contributed by atoms with Gasteiger partial charge >= 0.3 is 23.9 Å². The van der Waals surface area contributed by atoms with Gasteiger partial charge < -0.3 is 20.4 Å². The van der Waals surface area contributed by atoms with E-state index in [1.165, 1.54) is 6.16 Å². The van der Waals surface area contributed by atoms with Crippen LogP contribution in [-0.4, -0.2) is 80.8 Å². The van der Waals surface area contributed by atoms with Crippen molar-refractivity contribution < 1.29 is 39.6 Å². The average Bonchev–Trinajstić information content (AvgIpc) is 2.80. The summed E-state index contributed by atoms with van der Waals surface area (Å²) in [7, 11) is -0.404. The van der Waals surface area contributed by atoms with Crippen molar-refractivity contribution in [2.45, 2.75) is 115 Å². The van der Waals surface area contributed by atoms with Crippen LogP contribution in [0.1, 0.15) is 110 Å². The Balaban J connectivity index is 4.86. The monoisotopic (exact) mass is 564 g/mol. The third-order valence-electron chi connectivity index (χ3n) is 6.55. The fraction of sp³-hybridized carbons (Fsp3) is 0.852. The molecule has 0 bridgehead atoms.